The normalized spacial score (nSPS) is 11.2. The predicted octanol–water partition coefficient (Wildman–Crippen LogP) is 8.95. The first-order chi connectivity index (χ1) is 27.6. The number of benzene rings is 5. The maximum atomic E-state index is 13.6. The van der Waals surface area contributed by atoms with Crippen LogP contribution in [0.2, 0.25) is 0 Å². The van der Waals surface area contributed by atoms with Gasteiger partial charge in [-0.1, -0.05) is 61.2 Å². The van der Waals surface area contributed by atoms with Gasteiger partial charge in [0.1, 0.15) is 33.6 Å². The Kier molecular flexibility index (Phi) is 10.9. The Morgan fingerprint density at radius 1 is 0.684 bits per heavy atom. The summed E-state index contributed by atoms with van der Waals surface area (Å²) in [6, 6.07) is 35.3. The lowest BCUT2D eigenvalue weighted by molar-refractivity contribution is -0.137. The number of esters is 4. The molecule has 0 saturated heterocycles. The van der Waals surface area contributed by atoms with E-state index in [-0.39, 0.29) is 45.8 Å². The molecule has 0 aliphatic heterocycles. The number of para-hydroxylation sites is 4. The van der Waals surface area contributed by atoms with Crippen LogP contribution in [0.5, 0.6) is 17.2 Å². The first-order valence-electron chi connectivity index (χ1n) is 17.5. The summed E-state index contributed by atoms with van der Waals surface area (Å²) in [6.45, 7) is 7.73. The van der Waals surface area contributed by atoms with E-state index in [2.05, 4.69) is 6.58 Å². The monoisotopic (exact) mass is 776 g/mol. The minimum Gasteiger partial charge on any atom is -0.426 e. The summed E-state index contributed by atoms with van der Waals surface area (Å²) >= 11 is 1.58. The largest absolute Gasteiger partial charge is 0.426 e. The highest BCUT2D eigenvalue weighted by Gasteiger charge is 2.25. The van der Waals surface area contributed by atoms with Gasteiger partial charge in [0.2, 0.25) is 0 Å². The molecule has 0 N–H and O–H groups in total. The van der Waals surface area contributed by atoms with Gasteiger partial charge < -0.3 is 18.9 Å². The Hall–Kier alpha value is -7.51. The average Bonchev–Trinajstić information content (AvgIpc) is 3.84. The predicted molar refractivity (Wildman–Crippen MR) is 214 cm³/mol. The second-order valence-electron chi connectivity index (χ2n) is 12.3. The van der Waals surface area contributed by atoms with Crippen molar-refractivity contribution < 1.29 is 38.1 Å². The fourth-order valence-electron chi connectivity index (χ4n) is 5.81. The van der Waals surface area contributed by atoms with Crippen LogP contribution in [0, 0.1) is 0 Å². The van der Waals surface area contributed by atoms with E-state index in [4.69, 9.17) is 34.0 Å². The maximum absolute atomic E-state index is 13.6. The molecule has 0 unspecified atom stereocenters. The molecule has 0 amide bonds. The number of hydrogen-bond acceptors (Lipinski definition) is 12. The summed E-state index contributed by atoms with van der Waals surface area (Å²) in [5.41, 5.74) is 3.17. The molecule has 7 rings (SSSR count). The zero-order valence-corrected chi connectivity index (χ0v) is 31.6. The molecule has 0 bridgehead atoms. The van der Waals surface area contributed by atoms with Gasteiger partial charge >= 0.3 is 23.9 Å². The lowest BCUT2D eigenvalue weighted by Gasteiger charge is -2.12. The van der Waals surface area contributed by atoms with Crippen LogP contribution in [-0.4, -0.2) is 43.6 Å². The highest BCUT2D eigenvalue weighted by Crippen LogP contribution is 2.37. The zero-order chi connectivity index (χ0) is 40.1. The quantitative estimate of drug-likeness (QED) is 0.0407. The molecule has 0 aliphatic rings. The number of ether oxygens (including phenoxy) is 4. The molecular weight excluding hydrogens is 745 g/mol. The second-order valence-corrected chi connectivity index (χ2v) is 13.3. The van der Waals surface area contributed by atoms with Gasteiger partial charge in [-0.15, -0.1) is 16.4 Å². The van der Waals surface area contributed by atoms with Gasteiger partial charge in [-0.05, 0) is 79.7 Å². The van der Waals surface area contributed by atoms with E-state index in [0.717, 1.165) is 20.8 Å². The van der Waals surface area contributed by atoms with E-state index < -0.39 is 23.9 Å². The van der Waals surface area contributed by atoms with Crippen molar-refractivity contribution in [1.82, 2.24) is 19.7 Å². The third-order valence-corrected chi connectivity index (χ3v) is 9.44. The Morgan fingerprint density at radius 2 is 1.32 bits per heavy atom. The molecule has 0 saturated carbocycles. The van der Waals surface area contributed by atoms with Gasteiger partial charge in [-0.2, -0.15) is 0 Å². The third kappa shape index (κ3) is 8.28. The van der Waals surface area contributed by atoms with E-state index in [1.165, 1.54) is 32.1 Å². The first-order valence-corrected chi connectivity index (χ1v) is 18.3. The van der Waals surface area contributed by atoms with E-state index >= 15 is 0 Å². The number of hydrogen-bond donors (Lipinski definition) is 0. The standard InChI is InChI=1S/C44H32N4O8S/c1-5-31(26(2)53-27(3)49)43(51)55-36-18-10-6-14-32(36)40-46-41(33-15-7-11-19-37(33)56-44(52)34-16-8-12-20-38(34)54-28(4)50)48(47-40)30-24-22-29(23-25-30)42-45-35-17-9-13-21-39(35)57-42/h5-25H,2H2,1,3-4H3/b31-5+. The Morgan fingerprint density at radius 3 is 2.00 bits per heavy atom. The Labute approximate surface area is 330 Å². The number of carbonyl (C=O) groups is 4. The van der Waals surface area contributed by atoms with Crippen LogP contribution in [0.3, 0.4) is 0 Å². The molecule has 12 nitrogen and oxygen atoms in total. The summed E-state index contributed by atoms with van der Waals surface area (Å²) in [5.74, 6) is -2.19. The topological polar surface area (TPSA) is 149 Å². The summed E-state index contributed by atoms with van der Waals surface area (Å²) in [4.78, 5) is 60.0. The molecule has 282 valence electrons. The van der Waals surface area contributed by atoms with Crippen LogP contribution >= 0.6 is 11.3 Å². The molecule has 7 aromatic rings. The number of carbonyl (C=O) groups excluding carboxylic acids is 4. The molecule has 0 atom stereocenters. The molecule has 5 aromatic carbocycles. The van der Waals surface area contributed by atoms with Gasteiger partial charge in [-0.25, -0.2) is 24.2 Å². The number of aromatic nitrogens is 4. The average molecular weight is 777 g/mol. The SMILES string of the molecule is C=C(OC(C)=O)/C(=C\C)C(=O)Oc1ccccc1-c1nc(-c2ccccc2OC(=O)c2ccccc2OC(C)=O)n(-c2ccc(-c3nc4ccccc4s3)cc2)n1. The van der Waals surface area contributed by atoms with E-state index in [1.807, 2.05) is 48.5 Å². The minimum atomic E-state index is -0.812. The number of thiazole rings is 1. The fraction of sp³-hybridized carbons (Fsp3) is 0.0682. The summed E-state index contributed by atoms with van der Waals surface area (Å²) < 4.78 is 24.7. The molecule has 2 heterocycles. The zero-order valence-electron chi connectivity index (χ0n) is 30.8. The number of fused-ring (bicyclic) bond motifs is 1. The van der Waals surface area contributed by atoms with Gasteiger partial charge in [-0.3, -0.25) is 9.59 Å². The van der Waals surface area contributed by atoms with Crippen LogP contribution < -0.4 is 14.2 Å². The van der Waals surface area contributed by atoms with E-state index in [1.54, 1.807) is 83.6 Å². The molecule has 2 aromatic heterocycles. The molecule has 0 fully saturated rings. The molecule has 0 aliphatic carbocycles. The lowest BCUT2D eigenvalue weighted by Crippen LogP contribution is -2.15. The highest BCUT2D eigenvalue weighted by molar-refractivity contribution is 7.21. The van der Waals surface area contributed by atoms with Crippen LogP contribution in [-0.2, 0) is 19.1 Å². The maximum Gasteiger partial charge on any atom is 0.347 e. The molecule has 13 heteroatoms. The van der Waals surface area contributed by atoms with Crippen molar-refractivity contribution in [1.29, 1.82) is 0 Å². The Bertz CT molecular complexity index is 2700. The summed E-state index contributed by atoms with van der Waals surface area (Å²) in [5, 5.41) is 5.75. The van der Waals surface area contributed by atoms with Gasteiger partial charge in [0.15, 0.2) is 11.6 Å². The van der Waals surface area contributed by atoms with Crippen LogP contribution in [0.1, 0.15) is 31.1 Å². The number of nitrogens with zero attached hydrogens (tertiary/aromatic N) is 4. The summed E-state index contributed by atoms with van der Waals surface area (Å²) in [7, 11) is 0. The summed E-state index contributed by atoms with van der Waals surface area (Å²) in [6.07, 6.45) is 1.43. The molecular formula is C44H32N4O8S. The minimum absolute atomic E-state index is 0.0431. The van der Waals surface area contributed by atoms with Crippen LogP contribution in [0.4, 0.5) is 0 Å². The van der Waals surface area contributed by atoms with Crippen LogP contribution in [0.25, 0.3) is 49.3 Å². The Balaban J connectivity index is 1.31. The van der Waals surface area contributed by atoms with Crippen molar-refractivity contribution in [2.75, 3.05) is 0 Å². The highest BCUT2D eigenvalue weighted by atomic mass is 32.1. The van der Waals surface area contributed by atoms with Crippen molar-refractivity contribution >= 4 is 45.4 Å². The fourth-order valence-corrected chi connectivity index (χ4v) is 6.78. The van der Waals surface area contributed by atoms with Gasteiger partial charge in [0, 0.05) is 19.4 Å². The molecule has 0 radical (unpaired) electrons. The smallest absolute Gasteiger partial charge is 0.347 e. The van der Waals surface area contributed by atoms with Crippen LogP contribution in [0.15, 0.2) is 145 Å². The third-order valence-electron chi connectivity index (χ3n) is 8.36. The number of allylic oxidation sites excluding steroid dienone is 1. The molecule has 57 heavy (non-hydrogen) atoms. The van der Waals surface area contributed by atoms with Crippen molar-refractivity contribution in [2.24, 2.45) is 0 Å². The van der Waals surface area contributed by atoms with E-state index in [0.29, 0.717) is 16.8 Å². The van der Waals surface area contributed by atoms with Crippen molar-refractivity contribution in [3.05, 3.63) is 151 Å². The van der Waals surface area contributed by atoms with Crippen molar-refractivity contribution in [3.63, 3.8) is 0 Å². The van der Waals surface area contributed by atoms with Gasteiger partial charge in [0.25, 0.3) is 0 Å². The molecule has 0 spiro atoms. The van der Waals surface area contributed by atoms with E-state index in [9.17, 15) is 19.2 Å². The number of rotatable bonds is 11. The van der Waals surface area contributed by atoms with Gasteiger partial charge in [0.05, 0.1) is 32.6 Å². The first kappa shape index (κ1) is 37.8. The lowest BCUT2D eigenvalue weighted by atomic mass is 10.1. The second kappa shape index (κ2) is 16.5. The van der Waals surface area contributed by atoms with Crippen molar-refractivity contribution in [3.8, 4) is 56.3 Å². The van der Waals surface area contributed by atoms with Crippen molar-refractivity contribution in [2.45, 2.75) is 20.8 Å².